The van der Waals surface area contributed by atoms with Crippen LogP contribution in [0.5, 0.6) is 0 Å². The Hall–Kier alpha value is -13.4. The van der Waals surface area contributed by atoms with Gasteiger partial charge in [-0.15, -0.1) is 0 Å². The monoisotopic (exact) mass is 1270 g/mol. The van der Waals surface area contributed by atoms with Crippen LogP contribution in [0.15, 0.2) is 370 Å². The smallest absolute Gasteiger partial charge is 0.165 e. The number of fused-ring (bicyclic) bond motifs is 12. The van der Waals surface area contributed by atoms with Crippen molar-refractivity contribution in [2.24, 2.45) is 0 Å². The molecular weight excluding hydrogens is 1210 g/mol. The fourth-order valence-corrected chi connectivity index (χ4v) is 16.5. The lowest BCUT2D eigenvalue weighted by molar-refractivity contribution is 0.961. The third-order valence-electron chi connectivity index (χ3n) is 20.6. The zero-order valence-corrected chi connectivity index (χ0v) is 54.5. The van der Waals surface area contributed by atoms with Gasteiger partial charge in [-0.2, -0.15) is 0 Å². The van der Waals surface area contributed by atoms with E-state index in [2.05, 4.69) is 388 Å². The molecular formula is C95H61N5. The molecule has 5 heteroatoms. The molecule has 5 heterocycles. The van der Waals surface area contributed by atoms with Crippen LogP contribution in [0.2, 0.25) is 0 Å². The molecule has 0 aliphatic carbocycles. The first kappa shape index (κ1) is 56.9. The number of hydrogen-bond acceptors (Lipinski definition) is 1. The van der Waals surface area contributed by atoms with Crippen molar-refractivity contribution in [3.05, 3.63) is 370 Å². The molecule has 5 aromatic heterocycles. The van der Waals surface area contributed by atoms with Crippen LogP contribution in [0.1, 0.15) is 0 Å². The van der Waals surface area contributed by atoms with Crippen molar-refractivity contribution in [1.82, 2.24) is 23.3 Å². The van der Waals surface area contributed by atoms with Crippen LogP contribution < -0.4 is 0 Å². The summed E-state index contributed by atoms with van der Waals surface area (Å²) in [5.41, 5.74) is 25.9. The van der Waals surface area contributed by atoms with Gasteiger partial charge in [0.2, 0.25) is 0 Å². The van der Waals surface area contributed by atoms with Gasteiger partial charge >= 0.3 is 0 Å². The van der Waals surface area contributed by atoms with E-state index in [0.717, 1.165) is 188 Å². The van der Waals surface area contributed by atoms with Crippen LogP contribution in [0, 0.1) is 0 Å². The van der Waals surface area contributed by atoms with Crippen LogP contribution in [0.25, 0.3) is 188 Å². The summed E-state index contributed by atoms with van der Waals surface area (Å²) in [4.78, 5) is 6.79. The van der Waals surface area contributed by atoms with E-state index in [1.54, 1.807) is 0 Å². The number of rotatable bonds is 11. The summed E-state index contributed by atoms with van der Waals surface area (Å²) in [6, 6.07) is 136. The first-order chi connectivity index (χ1) is 49.7. The Bertz CT molecular complexity index is 6240. The maximum absolute atomic E-state index is 6.79. The van der Waals surface area contributed by atoms with Gasteiger partial charge in [0, 0.05) is 48.7 Å². The maximum Gasteiger partial charge on any atom is 0.165 e. The fourth-order valence-electron chi connectivity index (χ4n) is 16.5. The molecule has 0 amide bonds. The predicted octanol–water partition coefficient (Wildman–Crippen LogP) is 25.1. The molecule has 5 nitrogen and oxygen atoms in total. The number of para-hydroxylation sites is 2. The van der Waals surface area contributed by atoms with Gasteiger partial charge in [0.25, 0.3) is 0 Å². The van der Waals surface area contributed by atoms with Crippen molar-refractivity contribution >= 4 is 87.2 Å². The molecule has 0 spiro atoms. The van der Waals surface area contributed by atoms with Gasteiger partial charge in [-0.3, -0.25) is 9.13 Å². The Morgan fingerprint density at radius 2 is 0.360 bits per heavy atom. The predicted molar refractivity (Wildman–Crippen MR) is 420 cm³/mol. The fraction of sp³-hybridized carbons (Fsp3) is 0. The van der Waals surface area contributed by atoms with Crippen LogP contribution in [0.4, 0.5) is 0 Å². The standard InChI is InChI=1S/C95H61N5/c1-8-32-62(33-9-1)69-48-26-56-79-86(69)87-70(63-34-10-2-11-35-63)49-27-57-80(87)97(79)92-85(68-44-20-7-21-45-68)93(98-81-58-28-50-71(64-36-12-3-13-37-64)88(81)89-72(51-29-59-82(89)98)65-38-14-4-15-39-65)95(96-94(92)99-77-54-24-22-46-75(77)76-47-23-25-55-78(76)99)100-83-60-30-52-73(66-40-16-5-17-41-66)90(83)91-74(53-31-61-84(91)100)67-42-18-6-19-43-67/h1-61H. The summed E-state index contributed by atoms with van der Waals surface area (Å²) in [6.45, 7) is 0. The largest absolute Gasteiger partial charge is 0.305 e. The molecule has 0 unspecified atom stereocenters. The molecule has 466 valence electrons. The van der Waals surface area contributed by atoms with Crippen molar-refractivity contribution in [1.29, 1.82) is 0 Å². The van der Waals surface area contributed by atoms with Crippen LogP contribution in [-0.4, -0.2) is 23.3 Å². The number of benzene rings is 15. The molecule has 0 fully saturated rings. The molecule has 0 bridgehead atoms. The van der Waals surface area contributed by atoms with Crippen molar-refractivity contribution in [3.8, 4) is 101 Å². The molecule has 0 radical (unpaired) electrons. The molecule has 0 saturated heterocycles. The Morgan fingerprint density at radius 1 is 0.160 bits per heavy atom. The first-order valence-electron chi connectivity index (χ1n) is 34.4. The van der Waals surface area contributed by atoms with E-state index in [9.17, 15) is 0 Å². The van der Waals surface area contributed by atoms with Gasteiger partial charge < -0.3 is 9.13 Å². The number of hydrogen-bond donors (Lipinski definition) is 0. The van der Waals surface area contributed by atoms with Crippen molar-refractivity contribution in [2.45, 2.75) is 0 Å². The molecule has 0 N–H and O–H groups in total. The minimum absolute atomic E-state index is 0.764. The second-order valence-electron chi connectivity index (χ2n) is 26.0. The number of aromatic nitrogens is 5. The molecule has 15 aromatic carbocycles. The van der Waals surface area contributed by atoms with Crippen molar-refractivity contribution in [3.63, 3.8) is 0 Å². The lowest BCUT2D eigenvalue weighted by atomic mass is 9.95. The summed E-state index contributed by atoms with van der Waals surface area (Å²) in [7, 11) is 0. The summed E-state index contributed by atoms with van der Waals surface area (Å²) in [5.74, 6) is 1.54. The van der Waals surface area contributed by atoms with E-state index in [-0.39, 0.29) is 0 Å². The third-order valence-corrected chi connectivity index (χ3v) is 20.6. The number of pyridine rings is 1. The van der Waals surface area contributed by atoms with E-state index < -0.39 is 0 Å². The Labute approximate surface area is 577 Å². The Balaban J connectivity index is 1.09. The summed E-state index contributed by atoms with van der Waals surface area (Å²) in [6.07, 6.45) is 0. The first-order valence-corrected chi connectivity index (χ1v) is 34.4. The zero-order chi connectivity index (χ0) is 65.8. The molecule has 0 aliphatic rings. The summed E-state index contributed by atoms with van der Waals surface area (Å²) < 4.78 is 10.2. The van der Waals surface area contributed by atoms with Crippen LogP contribution in [0.3, 0.4) is 0 Å². The van der Waals surface area contributed by atoms with Crippen molar-refractivity contribution < 1.29 is 0 Å². The molecule has 0 atom stereocenters. The maximum atomic E-state index is 6.79. The molecule has 20 rings (SSSR count). The SMILES string of the molecule is c1ccc(-c2c(-n3c4cccc(-c5ccccc5)c4c4c(-c5ccccc5)cccc43)c(-n3c4ccccc4c4ccccc43)nc(-n3c4cccc(-c5ccccc5)c4c4c(-c5ccccc5)cccc43)c2-n2c3cccc(-c4ccccc4)c3c3c(-c4ccccc4)cccc32)cc1. The van der Waals surface area contributed by atoms with Gasteiger partial charge in [0.15, 0.2) is 11.6 Å². The topological polar surface area (TPSA) is 32.6 Å². The Kier molecular flexibility index (Phi) is 13.2. The highest BCUT2D eigenvalue weighted by Crippen LogP contribution is 2.53. The summed E-state index contributed by atoms with van der Waals surface area (Å²) in [5, 5.41) is 9.17. The zero-order valence-electron chi connectivity index (χ0n) is 54.5. The average molecular weight is 1270 g/mol. The van der Waals surface area contributed by atoms with Gasteiger partial charge in [-0.1, -0.05) is 322 Å². The van der Waals surface area contributed by atoms with Gasteiger partial charge in [-0.25, -0.2) is 4.98 Å². The lowest BCUT2D eigenvalue weighted by Gasteiger charge is -2.27. The second kappa shape index (κ2) is 23.2. The number of nitrogens with zero attached hydrogens (tertiary/aromatic N) is 5. The normalized spacial score (nSPS) is 11.8. The second-order valence-corrected chi connectivity index (χ2v) is 26.0. The van der Waals surface area contributed by atoms with Crippen LogP contribution >= 0.6 is 0 Å². The quantitative estimate of drug-likeness (QED) is 0.127. The molecule has 0 saturated carbocycles. The highest BCUT2D eigenvalue weighted by Gasteiger charge is 2.35. The van der Waals surface area contributed by atoms with E-state index in [0.29, 0.717) is 0 Å². The molecule has 100 heavy (non-hydrogen) atoms. The summed E-state index contributed by atoms with van der Waals surface area (Å²) >= 11 is 0. The van der Waals surface area contributed by atoms with Gasteiger partial charge in [0.05, 0.1) is 44.1 Å². The van der Waals surface area contributed by atoms with E-state index in [1.807, 2.05) is 0 Å². The van der Waals surface area contributed by atoms with Crippen LogP contribution in [-0.2, 0) is 0 Å². The van der Waals surface area contributed by atoms with Crippen molar-refractivity contribution in [2.75, 3.05) is 0 Å². The van der Waals surface area contributed by atoms with Gasteiger partial charge in [0.1, 0.15) is 11.4 Å². The van der Waals surface area contributed by atoms with E-state index in [1.165, 1.54) is 0 Å². The molecule has 20 aromatic rings. The highest BCUT2D eigenvalue weighted by molar-refractivity contribution is 6.25. The Morgan fingerprint density at radius 3 is 0.620 bits per heavy atom. The third kappa shape index (κ3) is 8.72. The lowest BCUT2D eigenvalue weighted by Crippen LogP contribution is -2.16. The van der Waals surface area contributed by atoms with Gasteiger partial charge in [-0.05, 0) is 121 Å². The molecule has 0 aliphatic heterocycles. The minimum atomic E-state index is 0.764. The highest BCUT2D eigenvalue weighted by atomic mass is 15.2. The van der Waals surface area contributed by atoms with E-state index in [4.69, 9.17) is 4.98 Å². The van der Waals surface area contributed by atoms with E-state index >= 15 is 0 Å². The minimum Gasteiger partial charge on any atom is -0.305 e. The average Bonchev–Trinajstić information content (AvgIpc) is 1.49.